The summed E-state index contributed by atoms with van der Waals surface area (Å²) in [6.07, 6.45) is -0.605. The van der Waals surface area contributed by atoms with Gasteiger partial charge in [-0.2, -0.15) is 5.10 Å². The first-order valence-corrected chi connectivity index (χ1v) is 12.1. The molecule has 1 atom stereocenters. The Morgan fingerprint density at radius 2 is 1.63 bits per heavy atom. The summed E-state index contributed by atoms with van der Waals surface area (Å²) < 4.78 is 19.3. The van der Waals surface area contributed by atoms with Gasteiger partial charge in [0.25, 0.3) is 0 Å². The first kappa shape index (κ1) is 26.7. The Hall–Kier alpha value is -2.87. The minimum absolute atomic E-state index is 0.201. The standard InChI is InChI=1S/C28H39N3O4/c1-20(2)30(17-23(32)19-34-28(4,5)6)18-26-21(3)29-31(22-11-9-8-10-12-22)27(26)35-25-15-13-24(33-7)14-16-25/h8-16,20,23,32H,17-19H2,1-7H3. The molecular formula is C28H39N3O4. The number of hydrogen-bond acceptors (Lipinski definition) is 6. The molecule has 7 nitrogen and oxygen atoms in total. The first-order valence-electron chi connectivity index (χ1n) is 12.1. The van der Waals surface area contributed by atoms with Gasteiger partial charge in [0.2, 0.25) is 5.88 Å². The molecule has 0 saturated carbocycles. The van der Waals surface area contributed by atoms with E-state index in [1.807, 2.05) is 87.0 Å². The molecule has 3 aromatic rings. The van der Waals surface area contributed by atoms with E-state index in [2.05, 4.69) is 18.7 Å². The molecule has 2 aromatic carbocycles. The van der Waals surface area contributed by atoms with E-state index in [-0.39, 0.29) is 18.2 Å². The molecule has 1 aromatic heterocycles. The number of aryl methyl sites for hydroxylation is 1. The Morgan fingerprint density at radius 1 is 1.00 bits per heavy atom. The maximum absolute atomic E-state index is 10.7. The van der Waals surface area contributed by atoms with E-state index >= 15 is 0 Å². The van der Waals surface area contributed by atoms with Crippen molar-refractivity contribution in [3.63, 3.8) is 0 Å². The number of para-hydroxylation sites is 1. The van der Waals surface area contributed by atoms with Gasteiger partial charge in [0, 0.05) is 19.1 Å². The molecule has 0 aliphatic rings. The molecule has 0 radical (unpaired) electrons. The Kier molecular flexibility index (Phi) is 8.94. The van der Waals surface area contributed by atoms with Gasteiger partial charge in [0.05, 0.1) is 42.4 Å². The molecule has 190 valence electrons. The van der Waals surface area contributed by atoms with E-state index in [0.29, 0.717) is 24.7 Å². The van der Waals surface area contributed by atoms with Crippen molar-refractivity contribution in [3.05, 3.63) is 65.9 Å². The van der Waals surface area contributed by atoms with Crippen LogP contribution in [-0.4, -0.2) is 57.8 Å². The summed E-state index contributed by atoms with van der Waals surface area (Å²) in [6, 6.07) is 17.7. The number of hydrogen-bond donors (Lipinski definition) is 1. The zero-order valence-electron chi connectivity index (χ0n) is 22.0. The van der Waals surface area contributed by atoms with Crippen LogP contribution in [0.3, 0.4) is 0 Å². The molecule has 3 rings (SSSR count). The topological polar surface area (TPSA) is 69.0 Å². The number of rotatable bonds is 11. The van der Waals surface area contributed by atoms with Gasteiger partial charge in [0.15, 0.2) is 0 Å². The van der Waals surface area contributed by atoms with Crippen molar-refractivity contribution in [3.8, 4) is 23.1 Å². The van der Waals surface area contributed by atoms with Crippen LogP contribution in [0, 0.1) is 6.92 Å². The van der Waals surface area contributed by atoms with Gasteiger partial charge in [-0.1, -0.05) is 18.2 Å². The van der Waals surface area contributed by atoms with Crippen molar-refractivity contribution in [2.45, 2.75) is 65.8 Å². The highest BCUT2D eigenvalue weighted by atomic mass is 16.5. The zero-order chi connectivity index (χ0) is 25.6. The van der Waals surface area contributed by atoms with Crippen LogP contribution in [0.2, 0.25) is 0 Å². The van der Waals surface area contributed by atoms with Crippen molar-refractivity contribution in [2.75, 3.05) is 20.3 Å². The van der Waals surface area contributed by atoms with Crippen molar-refractivity contribution in [1.82, 2.24) is 14.7 Å². The van der Waals surface area contributed by atoms with Crippen molar-refractivity contribution in [1.29, 1.82) is 0 Å². The second kappa shape index (κ2) is 11.7. The minimum atomic E-state index is -0.605. The van der Waals surface area contributed by atoms with Crippen LogP contribution in [0.25, 0.3) is 5.69 Å². The SMILES string of the molecule is COc1ccc(Oc2c(CN(CC(O)COC(C)(C)C)C(C)C)c(C)nn2-c2ccccc2)cc1. The third-order valence-corrected chi connectivity index (χ3v) is 5.66. The highest BCUT2D eigenvalue weighted by Gasteiger charge is 2.24. The van der Waals surface area contributed by atoms with Crippen LogP contribution in [0.5, 0.6) is 17.4 Å². The van der Waals surface area contributed by atoms with Gasteiger partial charge in [-0.3, -0.25) is 4.90 Å². The fourth-order valence-electron chi connectivity index (χ4n) is 3.66. The smallest absolute Gasteiger partial charge is 0.227 e. The quantitative estimate of drug-likeness (QED) is 0.397. The third-order valence-electron chi connectivity index (χ3n) is 5.66. The largest absolute Gasteiger partial charge is 0.497 e. The number of aromatic nitrogens is 2. The van der Waals surface area contributed by atoms with Crippen molar-refractivity contribution < 1.29 is 19.3 Å². The van der Waals surface area contributed by atoms with E-state index in [4.69, 9.17) is 19.3 Å². The van der Waals surface area contributed by atoms with Gasteiger partial charge in [-0.05, 0) is 77.9 Å². The number of aliphatic hydroxyl groups excluding tert-OH is 1. The van der Waals surface area contributed by atoms with Crippen LogP contribution in [0.15, 0.2) is 54.6 Å². The summed E-state index contributed by atoms with van der Waals surface area (Å²) in [4.78, 5) is 2.22. The Bertz CT molecular complexity index is 1060. The van der Waals surface area contributed by atoms with E-state index in [9.17, 15) is 5.11 Å². The van der Waals surface area contributed by atoms with Gasteiger partial charge in [-0.15, -0.1) is 0 Å². The molecule has 0 amide bonds. The lowest BCUT2D eigenvalue weighted by molar-refractivity contribution is -0.0587. The van der Waals surface area contributed by atoms with Crippen LogP contribution < -0.4 is 9.47 Å². The molecule has 0 aliphatic heterocycles. The van der Waals surface area contributed by atoms with Gasteiger partial charge < -0.3 is 19.3 Å². The molecule has 0 aliphatic carbocycles. The Morgan fingerprint density at radius 3 is 2.20 bits per heavy atom. The first-order chi connectivity index (χ1) is 16.6. The second-order valence-corrected chi connectivity index (χ2v) is 9.99. The molecule has 1 N–H and O–H groups in total. The summed E-state index contributed by atoms with van der Waals surface area (Å²) in [5, 5.41) is 15.5. The number of nitrogens with zero attached hydrogens (tertiary/aromatic N) is 3. The maximum atomic E-state index is 10.7. The maximum Gasteiger partial charge on any atom is 0.227 e. The van der Waals surface area contributed by atoms with Gasteiger partial charge >= 0.3 is 0 Å². The van der Waals surface area contributed by atoms with E-state index in [0.717, 1.165) is 22.7 Å². The summed E-state index contributed by atoms with van der Waals surface area (Å²) in [6.45, 7) is 13.5. The monoisotopic (exact) mass is 481 g/mol. The average Bonchev–Trinajstić information content (AvgIpc) is 3.12. The average molecular weight is 482 g/mol. The molecule has 0 saturated heterocycles. The van der Waals surface area contributed by atoms with Crippen LogP contribution in [0.4, 0.5) is 0 Å². The molecular weight excluding hydrogens is 442 g/mol. The summed E-state index contributed by atoms with van der Waals surface area (Å²) in [7, 11) is 1.64. The summed E-state index contributed by atoms with van der Waals surface area (Å²) in [5.74, 6) is 2.12. The van der Waals surface area contributed by atoms with Gasteiger partial charge in [-0.25, -0.2) is 4.68 Å². The fraction of sp³-hybridized carbons (Fsp3) is 0.464. The highest BCUT2D eigenvalue weighted by Crippen LogP contribution is 2.32. The van der Waals surface area contributed by atoms with Crippen LogP contribution >= 0.6 is 0 Å². The third kappa shape index (κ3) is 7.56. The summed E-state index contributed by atoms with van der Waals surface area (Å²) >= 11 is 0. The Balaban J connectivity index is 1.92. The van der Waals surface area contributed by atoms with Crippen molar-refractivity contribution in [2.24, 2.45) is 0 Å². The minimum Gasteiger partial charge on any atom is -0.497 e. The second-order valence-electron chi connectivity index (χ2n) is 9.99. The lowest BCUT2D eigenvalue weighted by Crippen LogP contribution is -2.40. The summed E-state index contributed by atoms with van der Waals surface area (Å²) in [5.41, 5.74) is 2.47. The fourth-order valence-corrected chi connectivity index (χ4v) is 3.66. The normalized spacial score (nSPS) is 12.9. The van der Waals surface area contributed by atoms with E-state index < -0.39 is 6.10 Å². The molecule has 7 heteroatoms. The van der Waals surface area contributed by atoms with Crippen LogP contribution in [-0.2, 0) is 11.3 Å². The van der Waals surface area contributed by atoms with Gasteiger partial charge in [0.1, 0.15) is 11.5 Å². The number of aliphatic hydroxyl groups is 1. The number of ether oxygens (including phenoxy) is 3. The zero-order valence-corrected chi connectivity index (χ0v) is 22.0. The Labute approximate surface area is 209 Å². The van der Waals surface area contributed by atoms with Crippen LogP contribution in [0.1, 0.15) is 45.9 Å². The predicted octanol–water partition coefficient (Wildman–Crippen LogP) is 5.37. The van der Waals surface area contributed by atoms with E-state index in [1.165, 1.54) is 0 Å². The molecule has 0 spiro atoms. The molecule has 0 bridgehead atoms. The van der Waals surface area contributed by atoms with Crippen molar-refractivity contribution >= 4 is 0 Å². The number of benzene rings is 2. The lowest BCUT2D eigenvalue weighted by Gasteiger charge is -2.30. The molecule has 1 unspecified atom stereocenters. The van der Waals surface area contributed by atoms with E-state index in [1.54, 1.807) is 7.11 Å². The molecule has 1 heterocycles. The lowest BCUT2D eigenvalue weighted by atomic mass is 10.1. The predicted molar refractivity (Wildman–Crippen MR) is 139 cm³/mol. The highest BCUT2D eigenvalue weighted by molar-refractivity contribution is 5.44. The number of methoxy groups -OCH3 is 1. The molecule has 0 fully saturated rings. The molecule has 35 heavy (non-hydrogen) atoms.